The van der Waals surface area contributed by atoms with Crippen LogP contribution in [-0.4, -0.2) is 55.7 Å². The molecule has 2 heterocycles. The zero-order valence-corrected chi connectivity index (χ0v) is 14.3. The third kappa shape index (κ3) is 2.70. The minimum absolute atomic E-state index is 0.614. The van der Waals surface area contributed by atoms with Crippen molar-refractivity contribution in [3.05, 3.63) is 23.3 Å². The van der Waals surface area contributed by atoms with Crippen molar-refractivity contribution >= 4 is 0 Å². The van der Waals surface area contributed by atoms with Gasteiger partial charge in [0.1, 0.15) is 11.5 Å². The van der Waals surface area contributed by atoms with Crippen LogP contribution in [0.5, 0.6) is 11.5 Å². The molecule has 3 rings (SSSR count). The number of fused-ring (bicyclic) bond motifs is 1. The highest BCUT2D eigenvalue weighted by Crippen LogP contribution is 2.34. The molecule has 122 valence electrons. The largest absolute Gasteiger partial charge is 0.496 e. The summed E-state index contributed by atoms with van der Waals surface area (Å²) in [6.45, 7) is 9.04. The van der Waals surface area contributed by atoms with Crippen LogP contribution in [0.4, 0.5) is 0 Å². The molecule has 1 aromatic carbocycles. The summed E-state index contributed by atoms with van der Waals surface area (Å²) in [5, 5.41) is 0. The van der Waals surface area contributed by atoms with Gasteiger partial charge in [-0.05, 0) is 39.3 Å². The van der Waals surface area contributed by atoms with Crippen LogP contribution in [0.15, 0.2) is 12.1 Å². The van der Waals surface area contributed by atoms with Gasteiger partial charge in [0.25, 0.3) is 0 Å². The number of ether oxygens (including phenoxy) is 2. The number of hydrogen-bond acceptors (Lipinski definition) is 4. The van der Waals surface area contributed by atoms with Gasteiger partial charge >= 0.3 is 0 Å². The Hall–Kier alpha value is -1.26. The summed E-state index contributed by atoms with van der Waals surface area (Å²) in [6.07, 6.45) is 2.70. The Kier molecular flexibility index (Phi) is 4.59. The van der Waals surface area contributed by atoms with Gasteiger partial charge < -0.3 is 9.47 Å². The van der Waals surface area contributed by atoms with Crippen LogP contribution < -0.4 is 9.47 Å². The predicted molar refractivity (Wildman–Crippen MR) is 88.8 cm³/mol. The molecule has 22 heavy (non-hydrogen) atoms. The summed E-state index contributed by atoms with van der Waals surface area (Å²) in [4.78, 5) is 5.27. The van der Waals surface area contributed by atoms with E-state index in [0.717, 1.165) is 36.2 Å². The second-order valence-electron chi connectivity index (χ2n) is 6.54. The molecule has 0 aromatic heterocycles. The third-order valence-corrected chi connectivity index (χ3v) is 5.46. The molecule has 0 spiro atoms. The molecular weight excluding hydrogens is 276 g/mol. The van der Waals surface area contributed by atoms with Gasteiger partial charge in [0.15, 0.2) is 0 Å². The molecule has 0 bridgehead atoms. The van der Waals surface area contributed by atoms with Gasteiger partial charge in [-0.3, -0.25) is 9.80 Å². The van der Waals surface area contributed by atoms with Gasteiger partial charge in [-0.15, -0.1) is 0 Å². The van der Waals surface area contributed by atoms with Crippen LogP contribution in [0, 0.1) is 6.92 Å². The van der Waals surface area contributed by atoms with E-state index in [1.807, 2.05) is 0 Å². The second-order valence-corrected chi connectivity index (χ2v) is 6.54. The molecule has 4 heteroatoms. The van der Waals surface area contributed by atoms with Gasteiger partial charge in [-0.2, -0.15) is 0 Å². The lowest BCUT2D eigenvalue weighted by atomic mass is 10.0. The maximum absolute atomic E-state index is 5.66. The first-order valence-corrected chi connectivity index (χ1v) is 8.34. The number of nitrogens with zero attached hydrogens (tertiary/aromatic N) is 2. The number of methoxy groups -OCH3 is 2. The smallest absolute Gasteiger partial charge is 0.129 e. The highest BCUT2D eigenvalue weighted by Gasteiger charge is 2.36. The summed E-state index contributed by atoms with van der Waals surface area (Å²) < 4.78 is 11.1. The van der Waals surface area contributed by atoms with Crippen molar-refractivity contribution in [3.63, 3.8) is 0 Å². The third-order valence-electron chi connectivity index (χ3n) is 5.46. The average molecular weight is 304 g/mol. The van der Waals surface area contributed by atoms with Crippen LogP contribution in [0.3, 0.4) is 0 Å². The Morgan fingerprint density at radius 2 is 1.95 bits per heavy atom. The Labute approximate surface area is 134 Å². The molecule has 0 saturated carbocycles. The lowest BCUT2D eigenvalue weighted by Gasteiger charge is -2.43. The minimum atomic E-state index is 0.614. The first-order chi connectivity index (χ1) is 10.7. The van der Waals surface area contributed by atoms with E-state index in [4.69, 9.17) is 9.47 Å². The Morgan fingerprint density at radius 1 is 1.14 bits per heavy atom. The molecule has 2 unspecified atom stereocenters. The van der Waals surface area contributed by atoms with Crippen molar-refractivity contribution in [3.8, 4) is 11.5 Å². The molecule has 2 atom stereocenters. The fraction of sp³-hybridized carbons (Fsp3) is 0.667. The van der Waals surface area contributed by atoms with E-state index in [2.05, 4.69) is 35.8 Å². The molecule has 0 N–H and O–H groups in total. The van der Waals surface area contributed by atoms with E-state index in [0.29, 0.717) is 6.04 Å². The molecule has 0 aliphatic carbocycles. The summed E-state index contributed by atoms with van der Waals surface area (Å²) in [7, 11) is 3.46. The van der Waals surface area contributed by atoms with E-state index in [-0.39, 0.29) is 0 Å². The number of piperazine rings is 1. The van der Waals surface area contributed by atoms with E-state index in [9.17, 15) is 0 Å². The molecule has 2 aliphatic heterocycles. The van der Waals surface area contributed by atoms with Crippen LogP contribution in [-0.2, 0) is 6.54 Å². The summed E-state index contributed by atoms with van der Waals surface area (Å²) in [6, 6.07) is 5.56. The Bertz CT molecular complexity index is 532. The molecule has 1 aromatic rings. The quantitative estimate of drug-likeness (QED) is 0.854. The number of benzene rings is 1. The van der Waals surface area contributed by atoms with Crippen LogP contribution in [0.25, 0.3) is 0 Å². The van der Waals surface area contributed by atoms with Crippen molar-refractivity contribution in [2.24, 2.45) is 0 Å². The van der Waals surface area contributed by atoms with Crippen molar-refractivity contribution in [1.82, 2.24) is 9.80 Å². The topological polar surface area (TPSA) is 24.9 Å². The molecule has 0 amide bonds. The Morgan fingerprint density at radius 3 is 2.68 bits per heavy atom. The minimum Gasteiger partial charge on any atom is -0.496 e. The monoisotopic (exact) mass is 304 g/mol. The highest BCUT2D eigenvalue weighted by molar-refractivity contribution is 5.49. The molecule has 2 saturated heterocycles. The predicted octanol–water partition coefficient (Wildman–Crippen LogP) is 2.68. The van der Waals surface area contributed by atoms with E-state index >= 15 is 0 Å². The maximum Gasteiger partial charge on any atom is 0.129 e. The van der Waals surface area contributed by atoms with E-state index < -0.39 is 0 Å². The first kappa shape index (κ1) is 15.6. The van der Waals surface area contributed by atoms with Gasteiger partial charge in [0.05, 0.1) is 14.2 Å². The fourth-order valence-corrected chi connectivity index (χ4v) is 4.18. The SMILES string of the molecule is COc1ccc(CN2CCN3CCCC3C2C)c(OC)c1C. The lowest BCUT2D eigenvalue weighted by molar-refractivity contribution is 0.0465. The van der Waals surface area contributed by atoms with Crippen molar-refractivity contribution in [2.75, 3.05) is 33.9 Å². The van der Waals surface area contributed by atoms with Crippen molar-refractivity contribution in [1.29, 1.82) is 0 Å². The highest BCUT2D eigenvalue weighted by atomic mass is 16.5. The maximum atomic E-state index is 5.66. The van der Waals surface area contributed by atoms with Gasteiger partial charge in [-0.1, -0.05) is 6.07 Å². The summed E-state index contributed by atoms with van der Waals surface area (Å²) >= 11 is 0. The standard InChI is InChI=1S/C18H28N2O2/c1-13-17(21-3)8-7-15(18(13)22-4)12-20-11-10-19-9-5-6-16(19)14(20)2/h7-8,14,16H,5-6,9-12H2,1-4H3. The van der Waals surface area contributed by atoms with E-state index in [1.54, 1.807) is 14.2 Å². The van der Waals surface area contributed by atoms with Crippen LogP contribution in [0.1, 0.15) is 30.9 Å². The second kappa shape index (κ2) is 6.47. The normalized spacial score (nSPS) is 26.0. The van der Waals surface area contributed by atoms with Gasteiger partial charge in [0.2, 0.25) is 0 Å². The van der Waals surface area contributed by atoms with E-state index in [1.165, 1.54) is 31.5 Å². The fourth-order valence-electron chi connectivity index (χ4n) is 4.18. The molecular formula is C18H28N2O2. The molecule has 2 aliphatic rings. The number of rotatable bonds is 4. The first-order valence-electron chi connectivity index (χ1n) is 8.34. The average Bonchev–Trinajstić information content (AvgIpc) is 3.00. The van der Waals surface area contributed by atoms with Crippen LogP contribution >= 0.6 is 0 Å². The molecule has 4 nitrogen and oxygen atoms in total. The summed E-state index contributed by atoms with van der Waals surface area (Å²) in [5.74, 6) is 1.87. The molecule has 0 radical (unpaired) electrons. The zero-order chi connectivity index (χ0) is 15.7. The Balaban J connectivity index is 1.79. The van der Waals surface area contributed by atoms with Crippen molar-refractivity contribution in [2.45, 2.75) is 45.3 Å². The van der Waals surface area contributed by atoms with Gasteiger partial charge in [-0.25, -0.2) is 0 Å². The van der Waals surface area contributed by atoms with Crippen molar-refractivity contribution < 1.29 is 9.47 Å². The lowest BCUT2D eigenvalue weighted by Crippen LogP contribution is -2.55. The van der Waals surface area contributed by atoms with Crippen LogP contribution in [0.2, 0.25) is 0 Å². The number of hydrogen-bond donors (Lipinski definition) is 0. The van der Waals surface area contributed by atoms with Gasteiger partial charge in [0, 0.05) is 42.8 Å². The summed E-state index contributed by atoms with van der Waals surface area (Å²) in [5.41, 5.74) is 2.36. The zero-order valence-electron chi connectivity index (χ0n) is 14.3. The molecule has 2 fully saturated rings.